The van der Waals surface area contributed by atoms with Gasteiger partial charge in [-0.1, -0.05) is 6.07 Å². The van der Waals surface area contributed by atoms with Crippen molar-refractivity contribution in [1.29, 1.82) is 0 Å². The molecule has 28 heavy (non-hydrogen) atoms. The maximum atomic E-state index is 12.1. The van der Waals surface area contributed by atoms with E-state index in [1.165, 1.54) is 37.3 Å². The second-order valence-corrected chi connectivity index (χ2v) is 6.04. The number of nitro benzene ring substituents is 2. The summed E-state index contributed by atoms with van der Waals surface area (Å²) in [6.45, 7) is 4.13. The van der Waals surface area contributed by atoms with E-state index in [4.69, 9.17) is 4.74 Å². The number of hydrogen-bond acceptors (Lipinski definition) is 7. The lowest BCUT2D eigenvalue weighted by atomic mass is 10.1. The summed E-state index contributed by atoms with van der Waals surface area (Å²) >= 11 is 0. The zero-order valence-electron chi connectivity index (χ0n) is 15.3. The number of ether oxygens (including phenoxy) is 1. The van der Waals surface area contributed by atoms with Crippen LogP contribution in [0.2, 0.25) is 0 Å². The Kier molecular flexibility index (Phi) is 6.04. The van der Waals surface area contributed by atoms with Gasteiger partial charge in [-0.3, -0.25) is 25.0 Å². The van der Waals surface area contributed by atoms with Gasteiger partial charge in [0, 0.05) is 17.7 Å². The van der Waals surface area contributed by atoms with Crippen molar-refractivity contribution in [2.24, 2.45) is 0 Å². The minimum absolute atomic E-state index is 0.0133. The smallest absolute Gasteiger partial charge is 0.339 e. The third-order valence-corrected chi connectivity index (χ3v) is 4.14. The van der Waals surface area contributed by atoms with Crippen LogP contribution in [0.25, 0.3) is 0 Å². The van der Waals surface area contributed by atoms with Gasteiger partial charge in [-0.25, -0.2) is 4.79 Å². The molecule has 1 amide bonds. The predicted octanol–water partition coefficient (Wildman–Crippen LogP) is 3.22. The Bertz CT molecular complexity index is 985. The lowest BCUT2D eigenvalue weighted by Gasteiger charge is -2.10. The molecule has 0 saturated heterocycles. The van der Waals surface area contributed by atoms with Gasteiger partial charge in [0.05, 0.1) is 15.4 Å². The van der Waals surface area contributed by atoms with Gasteiger partial charge in [-0.2, -0.15) is 0 Å². The first-order valence-electron chi connectivity index (χ1n) is 8.08. The van der Waals surface area contributed by atoms with Crippen molar-refractivity contribution in [3.8, 4) is 0 Å². The lowest BCUT2D eigenvalue weighted by Crippen LogP contribution is -2.22. The van der Waals surface area contributed by atoms with E-state index in [1.807, 2.05) is 0 Å². The van der Waals surface area contributed by atoms with Crippen LogP contribution < -0.4 is 5.32 Å². The second-order valence-electron chi connectivity index (χ2n) is 6.04. The number of carbonyl (C=O) groups excluding carboxylic acids is 2. The largest absolute Gasteiger partial charge is 0.452 e. The zero-order valence-corrected chi connectivity index (χ0v) is 15.3. The highest BCUT2D eigenvalue weighted by Gasteiger charge is 2.21. The molecule has 2 rings (SSSR count). The van der Waals surface area contributed by atoms with Crippen molar-refractivity contribution in [2.45, 2.75) is 20.8 Å². The molecular formula is C18H17N3O7. The third-order valence-electron chi connectivity index (χ3n) is 4.14. The van der Waals surface area contributed by atoms with Crippen molar-refractivity contribution in [1.82, 2.24) is 0 Å². The van der Waals surface area contributed by atoms with Crippen LogP contribution in [0.3, 0.4) is 0 Å². The molecule has 2 aromatic rings. The molecule has 2 aromatic carbocycles. The van der Waals surface area contributed by atoms with E-state index >= 15 is 0 Å². The number of hydrogen-bond donors (Lipinski definition) is 1. The van der Waals surface area contributed by atoms with Gasteiger partial charge in [-0.15, -0.1) is 0 Å². The fourth-order valence-electron chi connectivity index (χ4n) is 2.49. The Morgan fingerprint density at radius 2 is 1.61 bits per heavy atom. The molecule has 0 aliphatic carbocycles. The first-order valence-corrected chi connectivity index (χ1v) is 8.08. The van der Waals surface area contributed by atoms with Gasteiger partial charge in [0.2, 0.25) is 0 Å². The van der Waals surface area contributed by atoms with E-state index in [1.54, 1.807) is 13.8 Å². The number of esters is 1. The minimum atomic E-state index is -0.911. The summed E-state index contributed by atoms with van der Waals surface area (Å²) in [7, 11) is 0. The van der Waals surface area contributed by atoms with Crippen molar-refractivity contribution < 1.29 is 24.2 Å². The summed E-state index contributed by atoms with van der Waals surface area (Å²) in [6, 6.07) is 6.72. The number of nitrogens with zero attached hydrogens (tertiary/aromatic N) is 2. The maximum Gasteiger partial charge on any atom is 0.339 e. The molecular weight excluding hydrogens is 370 g/mol. The molecule has 0 aliphatic rings. The molecule has 0 radical (unpaired) electrons. The number of benzene rings is 2. The second kappa shape index (κ2) is 8.25. The van der Waals surface area contributed by atoms with E-state index < -0.39 is 28.3 Å². The van der Waals surface area contributed by atoms with Gasteiger partial charge in [-0.05, 0) is 44.0 Å². The molecule has 10 nitrogen and oxygen atoms in total. The van der Waals surface area contributed by atoms with E-state index in [-0.39, 0.29) is 28.2 Å². The van der Waals surface area contributed by atoms with Gasteiger partial charge >= 0.3 is 5.97 Å². The lowest BCUT2D eigenvalue weighted by molar-refractivity contribution is -0.385. The number of nitro groups is 2. The number of anilines is 1. The average molecular weight is 387 g/mol. The Balaban J connectivity index is 2.11. The van der Waals surface area contributed by atoms with E-state index in [2.05, 4.69) is 5.32 Å². The highest BCUT2D eigenvalue weighted by atomic mass is 16.6. The fourth-order valence-corrected chi connectivity index (χ4v) is 2.49. The standard InChI is InChI=1S/C18H17N3O7/c1-10-7-14(16(21(26)27)8-11(10)2)19-17(22)9-28-18(23)13-5-4-6-15(12(13)3)20(24)25/h4-8H,9H2,1-3H3,(H,19,22). The first-order chi connectivity index (χ1) is 13.1. The Morgan fingerprint density at radius 1 is 1.00 bits per heavy atom. The molecule has 0 bridgehead atoms. The highest BCUT2D eigenvalue weighted by molar-refractivity contribution is 5.97. The Hall–Kier alpha value is -3.82. The molecule has 0 unspecified atom stereocenters. The normalized spacial score (nSPS) is 10.2. The number of amides is 1. The summed E-state index contributed by atoms with van der Waals surface area (Å²) < 4.78 is 4.89. The van der Waals surface area contributed by atoms with Gasteiger partial charge in [0.1, 0.15) is 5.69 Å². The molecule has 0 saturated carbocycles. The van der Waals surface area contributed by atoms with Gasteiger partial charge in [0.15, 0.2) is 6.61 Å². The van der Waals surface area contributed by atoms with Crippen LogP contribution in [-0.4, -0.2) is 28.3 Å². The van der Waals surface area contributed by atoms with Crippen LogP contribution in [0.1, 0.15) is 27.0 Å². The van der Waals surface area contributed by atoms with Crippen LogP contribution in [0.5, 0.6) is 0 Å². The van der Waals surface area contributed by atoms with Crippen LogP contribution in [-0.2, 0) is 9.53 Å². The van der Waals surface area contributed by atoms with Crippen LogP contribution >= 0.6 is 0 Å². The summed E-state index contributed by atoms with van der Waals surface area (Å²) in [6.07, 6.45) is 0. The van der Waals surface area contributed by atoms with Crippen LogP contribution in [0.15, 0.2) is 30.3 Å². The van der Waals surface area contributed by atoms with Crippen molar-refractivity contribution in [3.05, 3.63) is 72.8 Å². The number of rotatable bonds is 6. The highest BCUT2D eigenvalue weighted by Crippen LogP contribution is 2.28. The van der Waals surface area contributed by atoms with E-state index in [0.29, 0.717) is 5.56 Å². The first kappa shape index (κ1) is 20.5. The molecule has 0 aromatic heterocycles. The van der Waals surface area contributed by atoms with Crippen LogP contribution in [0.4, 0.5) is 17.1 Å². The summed E-state index contributed by atoms with van der Waals surface area (Å²) in [5.74, 6) is -1.69. The van der Waals surface area contributed by atoms with Crippen molar-refractivity contribution >= 4 is 28.9 Å². The van der Waals surface area contributed by atoms with Crippen LogP contribution in [0, 0.1) is 41.0 Å². The third kappa shape index (κ3) is 4.47. The molecule has 146 valence electrons. The summed E-state index contributed by atoms with van der Waals surface area (Å²) in [4.78, 5) is 45.0. The number of aryl methyl sites for hydroxylation is 2. The SMILES string of the molecule is Cc1cc(NC(=O)COC(=O)c2cccc([N+](=O)[O-])c2C)c([N+](=O)[O-])cc1C. The number of nitrogens with one attached hydrogen (secondary N) is 1. The number of carbonyl (C=O) groups is 2. The van der Waals surface area contributed by atoms with Gasteiger partial charge in [0.25, 0.3) is 17.3 Å². The van der Waals surface area contributed by atoms with Crippen molar-refractivity contribution in [3.63, 3.8) is 0 Å². The molecule has 1 N–H and O–H groups in total. The molecule has 0 heterocycles. The fraction of sp³-hybridized carbons (Fsp3) is 0.222. The molecule has 0 spiro atoms. The van der Waals surface area contributed by atoms with Gasteiger partial charge < -0.3 is 10.1 Å². The molecule has 0 fully saturated rings. The van der Waals surface area contributed by atoms with E-state index in [9.17, 15) is 29.8 Å². The van der Waals surface area contributed by atoms with E-state index in [0.717, 1.165) is 5.56 Å². The molecule has 0 atom stereocenters. The Morgan fingerprint density at radius 3 is 2.21 bits per heavy atom. The topological polar surface area (TPSA) is 142 Å². The van der Waals surface area contributed by atoms with Crippen molar-refractivity contribution in [2.75, 3.05) is 11.9 Å². The zero-order chi connectivity index (χ0) is 21.0. The molecule has 10 heteroatoms. The summed E-state index contributed by atoms with van der Waals surface area (Å²) in [5, 5.41) is 24.4. The summed E-state index contributed by atoms with van der Waals surface area (Å²) in [5.41, 5.74) is 0.965. The molecule has 0 aliphatic heterocycles. The predicted molar refractivity (Wildman–Crippen MR) is 99.3 cm³/mol. The average Bonchev–Trinajstić information content (AvgIpc) is 2.62. The Labute approximate surface area is 159 Å². The minimum Gasteiger partial charge on any atom is -0.452 e. The quantitative estimate of drug-likeness (QED) is 0.455. The maximum absolute atomic E-state index is 12.1. The monoisotopic (exact) mass is 387 g/mol.